The summed E-state index contributed by atoms with van der Waals surface area (Å²) in [6.07, 6.45) is 1.01. The van der Waals surface area contributed by atoms with E-state index in [0.717, 1.165) is 22.4 Å². The predicted molar refractivity (Wildman–Crippen MR) is 74.6 cm³/mol. The lowest BCUT2D eigenvalue weighted by Gasteiger charge is -2.19. The zero-order chi connectivity index (χ0) is 14.6. The maximum atomic E-state index is 11.2. The molecule has 0 fully saturated rings. The summed E-state index contributed by atoms with van der Waals surface area (Å²) in [7, 11) is 3.28. The second kappa shape index (κ2) is 6.36. The molecule has 4 nitrogen and oxygen atoms in total. The van der Waals surface area contributed by atoms with Gasteiger partial charge in [-0.1, -0.05) is 6.07 Å². The molecule has 1 aromatic rings. The van der Waals surface area contributed by atoms with Crippen LogP contribution < -0.4 is 4.74 Å². The van der Waals surface area contributed by atoms with E-state index in [2.05, 4.69) is 13.0 Å². The van der Waals surface area contributed by atoms with Crippen molar-refractivity contribution in [3.8, 4) is 5.75 Å². The molecular weight excluding hydrogens is 242 g/mol. The van der Waals surface area contributed by atoms with Gasteiger partial charge in [0.25, 0.3) is 5.91 Å². The summed E-state index contributed by atoms with van der Waals surface area (Å²) in [5.74, 6) is 0.380. The van der Waals surface area contributed by atoms with Crippen LogP contribution in [0.2, 0.25) is 0 Å². The number of carbonyl (C=O) groups is 2. The van der Waals surface area contributed by atoms with Crippen molar-refractivity contribution >= 4 is 12.2 Å². The van der Waals surface area contributed by atoms with Gasteiger partial charge in [0.05, 0.1) is 7.11 Å². The molecule has 0 aromatic heterocycles. The van der Waals surface area contributed by atoms with Crippen LogP contribution in [0.5, 0.6) is 5.75 Å². The third-order valence-corrected chi connectivity index (χ3v) is 3.49. The van der Waals surface area contributed by atoms with E-state index in [-0.39, 0.29) is 0 Å². The second-order valence-corrected chi connectivity index (χ2v) is 4.77. The van der Waals surface area contributed by atoms with Crippen LogP contribution in [-0.2, 0) is 16.0 Å². The molecule has 1 aromatic carbocycles. The van der Waals surface area contributed by atoms with Crippen LogP contribution >= 0.6 is 0 Å². The van der Waals surface area contributed by atoms with Crippen molar-refractivity contribution in [3.05, 3.63) is 28.3 Å². The van der Waals surface area contributed by atoms with Crippen molar-refractivity contribution < 1.29 is 14.3 Å². The zero-order valence-electron chi connectivity index (χ0n) is 12.2. The quantitative estimate of drug-likeness (QED) is 0.601. The number of nitrogens with zero attached hydrogens (tertiary/aromatic N) is 1. The summed E-state index contributed by atoms with van der Waals surface area (Å²) < 4.78 is 5.48. The minimum Gasteiger partial charge on any atom is -0.496 e. The van der Waals surface area contributed by atoms with Crippen LogP contribution in [0.1, 0.15) is 22.3 Å². The zero-order valence-corrected chi connectivity index (χ0v) is 12.2. The number of aryl methyl sites for hydroxylation is 2. The first-order valence-electron chi connectivity index (χ1n) is 6.26. The highest BCUT2D eigenvalue weighted by Crippen LogP contribution is 2.29. The fourth-order valence-electron chi connectivity index (χ4n) is 2.17. The van der Waals surface area contributed by atoms with Gasteiger partial charge in [-0.3, -0.25) is 9.59 Å². The van der Waals surface area contributed by atoms with Crippen molar-refractivity contribution in [2.75, 3.05) is 20.7 Å². The van der Waals surface area contributed by atoms with E-state index < -0.39 is 5.91 Å². The van der Waals surface area contributed by atoms with Crippen molar-refractivity contribution in [2.24, 2.45) is 0 Å². The van der Waals surface area contributed by atoms with Gasteiger partial charge in [-0.15, -0.1) is 0 Å². The maximum Gasteiger partial charge on any atom is 0.286 e. The molecule has 0 bridgehead atoms. The Bertz CT molecular complexity index is 495. The molecule has 0 atom stereocenters. The SMILES string of the molecule is COc1c(C)c(C)cc(C)c1CCN(C)C(=O)C=O. The number of aldehydes is 1. The van der Waals surface area contributed by atoms with Crippen molar-refractivity contribution in [1.29, 1.82) is 0 Å². The summed E-state index contributed by atoms with van der Waals surface area (Å²) in [6.45, 7) is 6.61. The molecule has 0 unspecified atom stereocenters. The van der Waals surface area contributed by atoms with Crippen LogP contribution in [0.25, 0.3) is 0 Å². The summed E-state index contributed by atoms with van der Waals surface area (Å²) in [6, 6.07) is 2.12. The topological polar surface area (TPSA) is 46.6 Å². The summed E-state index contributed by atoms with van der Waals surface area (Å²) in [5.41, 5.74) is 4.55. The molecule has 104 valence electrons. The Morgan fingerprint density at radius 2 is 1.95 bits per heavy atom. The van der Waals surface area contributed by atoms with E-state index in [1.807, 2.05) is 13.8 Å². The molecule has 0 aliphatic heterocycles. The molecule has 0 radical (unpaired) electrons. The number of carbonyl (C=O) groups excluding carboxylic acids is 2. The molecule has 0 aliphatic carbocycles. The number of hydrogen-bond donors (Lipinski definition) is 0. The molecule has 0 N–H and O–H groups in total. The summed E-state index contributed by atoms with van der Waals surface area (Å²) in [4.78, 5) is 23.1. The minimum absolute atomic E-state index is 0.338. The second-order valence-electron chi connectivity index (χ2n) is 4.77. The van der Waals surface area contributed by atoms with E-state index in [9.17, 15) is 9.59 Å². The van der Waals surface area contributed by atoms with Gasteiger partial charge in [0, 0.05) is 13.6 Å². The van der Waals surface area contributed by atoms with Gasteiger partial charge in [-0.05, 0) is 49.4 Å². The number of hydrogen-bond acceptors (Lipinski definition) is 3. The molecule has 0 saturated carbocycles. The lowest BCUT2D eigenvalue weighted by Crippen LogP contribution is -2.29. The largest absolute Gasteiger partial charge is 0.496 e. The van der Waals surface area contributed by atoms with Crippen LogP contribution in [-0.4, -0.2) is 37.8 Å². The smallest absolute Gasteiger partial charge is 0.286 e. The molecular formula is C15H21NO3. The van der Waals surface area contributed by atoms with Crippen molar-refractivity contribution in [2.45, 2.75) is 27.2 Å². The highest BCUT2D eigenvalue weighted by molar-refractivity contribution is 6.23. The first-order chi connectivity index (χ1) is 8.92. The average molecular weight is 263 g/mol. The molecule has 1 rings (SSSR count). The van der Waals surface area contributed by atoms with Gasteiger partial charge >= 0.3 is 0 Å². The number of benzene rings is 1. The molecule has 0 spiro atoms. The normalized spacial score (nSPS) is 10.2. The maximum absolute atomic E-state index is 11.2. The van der Waals surface area contributed by atoms with Crippen LogP contribution in [0.15, 0.2) is 6.07 Å². The van der Waals surface area contributed by atoms with E-state index in [4.69, 9.17) is 4.74 Å². The number of likely N-dealkylation sites (N-methyl/N-ethyl adjacent to an activating group) is 1. The van der Waals surface area contributed by atoms with Gasteiger partial charge in [0.15, 0.2) is 0 Å². The van der Waals surface area contributed by atoms with Gasteiger partial charge < -0.3 is 9.64 Å². The van der Waals surface area contributed by atoms with Gasteiger partial charge in [-0.2, -0.15) is 0 Å². The van der Waals surface area contributed by atoms with Gasteiger partial charge in [0.1, 0.15) is 5.75 Å². The van der Waals surface area contributed by atoms with Crippen LogP contribution in [0, 0.1) is 20.8 Å². The third kappa shape index (κ3) is 3.34. The van der Waals surface area contributed by atoms with Crippen molar-refractivity contribution in [1.82, 2.24) is 4.90 Å². The number of ether oxygens (including phenoxy) is 1. The van der Waals surface area contributed by atoms with E-state index >= 15 is 0 Å². The average Bonchev–Trinajstić information content (AvgIpc) is 2.39. The number of methoxy groups -OCH3 is 1. The first-order valence-corrected chi connectivity index (χ1v) is 6.26. The Hall–Kier alpha value is -1.84. The Morgan fingerprint density at radius 1 is 1.32 bits per heavy atom. The Kier molecular flexibility index (Phi) is 5.10. The van der Waals surface area contributed by atoms with Crippen LogP contribution in [0.4, 0.5) is 0 Å². The summed E-state index contributed by atoms with van der Waals surface area (Å²) in [5, 5.41) is 0. The number of amides is 1. The number of rotatable bonds is 5. The first kappa shape index (κ1) is 15.2. The Morgan fingerprint density at radius 3 is 2.47 bits per heavy atom. The third-order valence-electron chi connectivity index (χ3n) is 3.49. The monoisotopic (exact) mass is 263 g/mol. The van der Waals surface area contributed by atoms with Crippen LogP contribution in [0.3, 0.4) is 0 Å². The Labute approximate surface area is 114 Å². The lowest BCUT2D eigenvalue weighted by atomic mass is 9.97. The van der Waals surface area contributed by atoms with Gasteiger partial charge in [0.2, 0.25) is 6.29 Å². The fraction of sp³-hybridized carbons (Fsp3) is 0.467. The standard InChI is InChI=1S/C15H21NO3/c1-10-8-11(2)13(15(19-5)12(10)3)6-7-16(4)14(18)9-17/h8-9H,6-7H2,1-5H3. The fourth-order valence-corrected chi connectivity index (χ4v) is 2.17. The van der Waals surface area contributed by atoms with E-state index in [0.29, 0.717) is 19.3 Å². The predicted octanol–water partition coefficient (Wildman–Crippen LogP) is 1.82. The molecule has 1 amide bonds. The van der Waals surface area contributed by atoms with E-state index in [1.54, 1.807) is 14.2 Å². The Balaban J connectivity index is 2.98. The lowest BCUT2D eigenvalue weighted by molar-refractivity contribution is -0.137. The molecule has 4 heteroatoms. The summed E-state index contributed by atoms with van der Waals surface area (Å²) >= 11 is 0. The molecule has 0 aliphatic rings. The highest BCUT2D eigenvalue weighted by atomic mass is 16.5. The minimum atomic E-state index is -0.500. The van der Waals surface area contributed by atoms with E-state index in [1.165, 1.54) is 10.5 Å². The van der Waals surface area contributed by atoms with Crippen molar-refractivity contribution in [3.63, 3.8) is 0 Å². The molecule has 19 heavy (non-hydrogen) atoms. The molecule has 0 saturated heterocycles. The van der Waals surface area contributed by atoms with Gasteiger partial charge in [-0.25, -0.2) is 0 Å². The highest BCUT2D eigenvalue weighted by Gasteiger charge is 2.14. The molecule has 0 heterocycles.